The Morgan fingerprint density at radius 3 is 2.38 bits per heavy atom. The largest absolute Gasteiger partial charge is 0.376 e. The van der Waals surface area contributed by atoms with Gasteiger partial charge < -0.3 is 4.74 Å². The van der Waals surface area contributed by atoms with Crippen molar-refractivity contribution >= 4 is 21.8 Å². The van der Waals surface area contributed by atoms with Crippen molar-refractivity contribution in [3.8, 4) is 0 Å². The SMILES string of the molecule is CC1CN(S(=O)(=O)CCCN2C(=O)c3ccccc3C2=O)CCO1. The van der Waals surface area contributed by atoms with Gasteiger partial charge in [-0.25, -0.2) is 8.42 Å². The minimum absolute atomic E-state index is 0.0902. The van der Waals surface area contributed by atoms with Gasteiger partial charge in [0.25, 0.3) is 11.8 Å². The number of fused-ring (bicyclic) bond motifs is 1. The van der Waals surface area contributed by atoms with E-state index in [2.05, 4.69) is 0 Å². The van der Waals surface area contributed by atoms with Crippen LogP contribution >= 0.6 is 0 Å². The number of carbonyl (C=O) groups is 2. The van der Waals surface area contributed by atoms with Crippen molar-refractivity contribution in [2.75, 3.05) is 32.0 Å². The van der Waals surface area contributed by atoms with Gasteiger partial charge in [0.2, 0.25) is 10.0 Å². The van der Waals surface area contributed by atoms with E-state index in [0.29, 0.717) is 30.8 Å². The molecule has 7 nitrogen and oxygen atoms in total. The number of carbonyl (C=O) groups excluding carboxylic acids is 2. The van der Waals surface area contributed by atoms with Gasteiger partial charge in [-0.15, -0.1) is 0 Å². The Bertz CT molecular complexity index is 726. The highest BCUT2D eigenvalue weighted by Gasteiger charge is 2.35. The molecule has 0 N–H and O–H groups in total. The van der Waals surface area contributed by atoms with Gasteiger partial charge in [0.15, 0.2) is 0 Å². The summed E-state index contributed by atoms with van der Waals surface area (Å²) in [6.07, 6.45) is 0.101. The molecule has 3 rings (SSSR count). The first-order valence-corrected chi connectivity index (χ1v) is 9.56. The zero-order chi connectivity index (χ0) is 17.3. The third-order valence-electron chi connectivity index (χ3n) is 4.26. The summed E-state index contributed by atoms with van der Waals surface area (Å²) in [6, 6.07) is 6.64. The second-order valence-corrected chi connectivity index (χ2v) is 8.10. The van der Waals surface area contributed by atoms with Crippen LogP contribution in [-0.4, -0.2) is 67.5 Å². The average Bonchev–Trinajstić information content (AvgIpc) is 2.80. The highest BCUT2D eigenvalue weighted by Crippen LogP contribution is 2.22. The summed E-state index contributed by atoms with van der Waals surface area (Å²) in [4.78, 5) is 25.6. The molecule has 0 spiro atoms. The van der Waals surface area contributed by atoms with E-state index in [0.717, 1.165) is 4.90 Å². The second kappa shape index (κ2) is 6.62. The van der Waals surface area contributed by atoms with Crippen molar-refractivity contribution < 1.29 is 22.7 Å². The number of benzene rings is 1. The van der Waals surface area contributed by atoms with E-state index in [-0.39, 0.29) is 36.6 Å². The predicted molar refractivity (Wildman–Crippen MR) is 87.2 cm³/mol. The Kier molecular flexibility index (Phi) is 4.71. The van der Waals surface area contributed by atoms with E-state index in [1.165, 1.54) is 4.31 Å². The molecule has 0 aliphatic carbocycles. The van der Waals surface area contributed by atoms with Gasteiger partial charge >= 0.3 is 0 Å². The molecule has 130 valence electrons. The Balaban J connectivity index is 1.59. The molecular formula is C16H20N2O5S. The quantitative estimate of drug-likeness (QED) is 0.729. The van der Waals surface area contributed by atoms with Crippen LogP contribution in [0.2, 0.25) is 0 Å². The van der Waals surface area contributed by atoms with Gasteiger partial charge in [-0.3, -0.25) is 14.5 Å². The third-order valence-corrected chi connectivity index (χ3v) is 6.18. The van der Waals surface area contributed by atoms with Gasteiger partial charge in [0.05, 0.1) is 29.6 Å². The van der Waals surface area contributed by atoms with Crippen LogP contribution in [0.3, 0.4) is 0 Å². The van der Waals surface area contributed by atoms with Gasteiger partial charge in [-0.2, -0.15) is 4.31 Å². The summed E-state index contributed by atoms with van der Waals surface area (Å²) in [6.45, 7) is 3.01. The van der Waals surface area contributed by atoms with E-state index in [1.54, 1.807) is 24.3 Å². The van der Waals surface area contributed by atoms with Crippen LogP contribution in [0.1, 0.15) is 34.1 Å². The number of amides is 2. The maximum absolute atomic E-state index is 12.4. The molecule has 0 aromatic heterocycles. The molecule has 0 bridgehead atoms. The number of hydrogen-bond donors (Lipinski definition) is 0. The van der Waals surface area contributed by atoms with Crippen LogP contribution in [0.4, 0.5) is 0 Å². The Labute approximate surface area is 141 Å². The molecule has 1 aromatic rings. The fraction of sp³-hybridized carbons (Fsp3) is 0.500. The van der Waals surface area contributed by atoms with E-state index in [1.807, 2.05) is 6.92 Å². The fourth-order valence-electron chi connectivity index (χ4n) is 3.02. The second-order valence-electron chi connectivity index (χ2n) is 6.02. The lowest BCUT2D eigenvalue weighted by atomic mass is 10.1. The minimum atomic E-state index is -3.41. The number of rotatable bonds is 5. The number of hydrogen-bond acceptors (Lipinski definition) is 5. The number of imide groups is 1. The van der Waals surface area contributed by atoms with E-state index in [4.69, 9.17) is 4.74 Å². The van der Waals surface area contributed by atoms with Crippen molar-refractivity contribution in [1.29, 1.82) is 0 Å². The smallest absolute Gasteiger partial charge is 0.261 e. The monoisotopic (exact) mass is 352 g/mol. The summed E-state index contributed by atoms with van der Waals surface area (Å²) in [7, 11) is -3.41. The first kappa shape index (κ1) is 17.1. The Morgan fingerprint density at radius 1 is 1.17 bits per heavy atom. The van der Waals surface area contributed by atoms with E-state index < -0.39 is 10.0 Å². The molecule has 2 aliphatic heterocycles. The van der Waals surface area contributed by atoms with Crippen molar-refractivity contribution in [2.24, 2.45) is 0 Å². The summed E-state index contributed by atoms with van der Waals surface area (Å²) in [5.41, 5.74) is 0.764. The summed E-state index contributed by atoms with van der Waals surface area (Å²) < 4.78 is 31.5. The van der Waals surface area contributed by atoms with Gasteiger partial charge in [-0.05, 0) is 25.5 Å². The molecule has 2 heterocycles. The van der Waals surface area contributed by atoms with Crippen molar-refractivity contribution in [3.63, 3.8) is 0 Å². The highest BCUT2D eigenvalue weighted by molar-refractivity contribution is 7.89. The lowest BCUT2D eigenvalue weighted by Gasteiger charge is -2.30. The molecule has 1 unspecified atom stereocenters. The van der Waals surface area contributed by atoms with Gasteiger partial charge in [0.1, 0.15) is 0 Å². The van der Waals surface area contributed by atoms with Crippen LogP contribution in [0, 0.1) is 0 Å². The van der Waals surface area contributed by atoms with Gasteiger partial charge in [0, 0.05) is 19.6 Å². The molecule has 1 atom stereocenters. The normalized spacial score (nSPS) is 22.0. The summed E-state index contributed by atoms with van der Waals surface area (Å²) >= 11 is 0. The van der Waals surface area contributed by atoms with E-state index in [9.17, 15) is 18.0 Å². The lowest BCUT2D eigenvalue weighted by molar-refractivity contribution is 0.0102. The molecule has 24 heavy (non-hydrogen) atoms. The molecule has 2 aliphatic rings. The summed E-state index contributed by atoms with van der Waals surface area (Å²) in [5.74, 6) is -0.798. The van der Waals surface area contributed by atoms with Crippen molar-refractivity contribution in [1.82, 2.24) is 9.21 Å². The molecule has 2 amide bonds. The zero-order valence-corrected chi connectivity index (χ0v) is 14.3. The number of ether oxygens (including phenoxy) is 1. The Hall–Kier alpha value is -1.77. The number of morpholine rings is 1. The van der Waals surface area contributed by atoms with Crippen molar-refractivity contribution in [3.05, 3.63) is 35.4 Å². The average molecular weight is 352 g/mol. The third kappa shape index (κ3) is 3.22. The maximum atomic E-state index is 12.4. The fourth-order valence-corrected chi connectivity index (χ4v) is 4.56. The van der Waals surface area contributed by atoms with Crippen LogP contribution in [0.5, 0.6) is 0 Å². The topological polar surface area (TPSA) is 84.0 Å². The van der Waals surface area contributed by atoms with E-state index >= 15 is 0 Å². The zero-order valence-electron chi connectivity index (χ0n) is 13.5. The summed E-state index contributed by atoms with van der Waals surface area (Å²) in [5, 5.41) is 0. The molecule has 0 saturated carbocycles. The van der Waals surface area contributed by atoms with Crippen LogP contribution in [0.25, 0.3) is 0 Å². The first-order chi connectivity index (χ1) is 11.4. The van der Waals surface area contributed by atoms with Crippen LogP contribution in [-0.2, 0) is 14.8 Å². The molecule has 1 saturated heterocycles. The Morgan fingerprint density at radius 2 is 1.79 bits per heavy atom. The van der Waals surface area contributed by atoms with Crippen LogP contribution in [0.15, 0.2) is 24.3 Å². The van der Waals surface area contributed by atoms with Crippen LogP contribution < -0.4 is 0 Å². The lowest BCUT2D eigenvalue weighted by Crippen LogP contribution is -2.45. The standard InChI is InChI=1S/C16H20N2O5S/c1-12-11-17(8-9-23-12)24(21,22)10-4-7-18-15(19)13-5-2-3-6-14(13)16(18)20/h2-3,5-6,12H,4,7-11H2,1H3. The maximum Gasteiger partial charge on any atom is 0.261 e. The first-order valence-electron chi connectivity index (χ1n) is 7.95. The molecule has 1 fully saturated rings. The molecule has 1 aromatic carbocycles. The van der Waals surface area contributed by atoms with Gasteiger partial charge in [-0.1, -0.05) is 12.1 Å². The number of sulfonamides is 1. The molecular weight excluding hydrogens is 332 g/mol. The minimum Gasteiger partial charge on any atom is -0.376 e. The van der Waals surface area contributed by atoms with Crippen molar-refractivity contribution in [2.45, 2.75) is 19.4 Å². The predicted octanol–water partition coefficient (Wildman–Crippen LogP) is 0.723. The number of nitrogens with zero attached hydrogens (tertiary/aromatic N) is 2. The molecule has 8 heteroatoms. The highest BCUT2D eigenvalue weighted by atomic mass is 32.2. The molecule has 0 radical (unpaired) electrons.